The summed E-state index contributed by atoms with van der Waals surface area (Å²) in [7, 11) is 0. The molecular weight excluding hydrogens is 384 g/mol. The zero-order chi connectivity index (χ0) is 22.9. The molecule has 4 unspecified atom stereocenters. The zero-order valence-corrected chi connectivity index (χ0v) is 22.9. The number of rotatable bonds is 4. The average Bonchev–Trinajstić information content (AvgIpc) is 3.09. The summed E-state index contributed by atoms with van der Waals surface area (Å²) < 4.78 is 0. The lowest BCUT2D eigenvalue weighted by Crippen LogP contribution is -2.63. The first kappa shape index (κ1) is 23.7. The normalized spacial score (nSPS) is 53.0. The van der Waals surface area contributed by atoms with Crippen molar-refractivity contribution in [3.05, 3.63) is 0 Å². The third-order valence-corrected chi connectivity index (χ3v) is 13.9. The second kappa shape index (κ2) is 8.01. The van der Waals surface area contributed by atoms with Gasteiger partial charge in [0.25, 0.3) is 0 Å². The highest BCUT2D eigenvalue weighted by atomic mass is 14.7. The van der Waals surface area contributed by atoms with Gasteiger partial charge in [-0.2, -0.15) is 0 Å². The summed E-state index contributed by atoms with van der Waals surface area (Å²) >= 11 is 0. The quantitative estimate of drug-likeness (QED) is 0.408. The van der Waals surface area contributed by atoms with Crippen LogP contribution in [0, 0.1) is 63.1 Å². The van der Waals surface area contributed by atoms with Crippen molar-refractivity contribution in [3.8, 4) is 0 Å². The van der Waals surface area contributed by atoms with Gasteiger partial charge in [-0.25, -0.2) is 0 Å². The number of hydrogen-bond acceptors (Lipinski definition) is 0. The Morgan fingerprint density at radius 1 is 0.719 bits per heavy atom. The monoisotopic (exact) mass is 440 g/mol. The molecule has 0 aromatic carbocycles. The van der Waals surface area contributed by atoms with Crippen molar-refractivity contribution >= 4 is 0 Å². The van der Waals surface area contributed by atoms with E-state index in [0.29, 0.717) is 21.7 Å². The van der Waals surface area contributed by atoms with Gasteiger partial charge in [0, 0.05) is 0 Å². The van der Waals surface area contributed by atoms with E-state index in [2.05, 4.69) is 48.5 Å². The summed E-state index contributed by atoms with van der Waals surface area (Å²) in [6.07, 6.45) is 21.2. The molecule has 0 heteroatoms. The highest BCUT2D eigenvalue weighted by molar-refractivity contribution is 5.17. The van der Waals surface area contributed by atoms with Crippen molar-refractivity contribution in [2.75, 3.05) is 0 Å². The molecule has 0 N–H and O–H groups in total. The molecule has 5 rings (SSSR count). The molecule has 0 saturated heterocycles. The Hall–Kier alpha value is 0. The SMILES string of the molecule is CCCC[C@@H](C)[C@H]1CC[C@]2(C)C3CCC4C5CCCC(C)(C)C5CC[C@@]4(C)[C@]3(C)CC[C@H]12. The van der Waals surface area contributed by atoms with Crippen LogP contribution in [-0.4, -0.2) is 0 Å². The van der Waals surface area contributed by atoms with Gasteiger partial charge in [0.2, 0.25) is 0 Å². The van der Waals surface area contributed by atoms with Crippen LogP contribution in [0.15, 0.2) is 0 Å². The van der Waals surface area contributed by atoms with Gasteiger partial charge in [0.1, 0.15) is 0 Å². The van der Waals surface area contributed by atoms with Crippen molar-refractivity contribution in [1.82, 2.24) is 0 Å². The van der Waals surface area contributed by atoms with Crippen LogP contribution in [-0.2, 0) is 0 Å². The van der Waals surface area contributed by atoms with Crippen LogP contribution in [0.4, 0.5) is 0 Å². The van der Waals surface area contributed by atoms with E-state index in [1.54, 1.807) is 38.5 Å². The maximum Gasteiger partial charge on any atom is -0.0235 e. The zero-order valence-electron chi connectivity index (χ0n) is 22.9. The molecule has 5 saturated carbocycles. The van der Waals surface area contributed by atoms with Crippen molar-refractivity contribution in [1.29, 1.82) is 0 Å². The highest BCUT2D eigenvalue weighted by Crippen LogP contribution is 2.76. The Balaban J connectivity index is 1.41. The van der Waals surface area contributed by atoms with E-state index >= 15 is 0 Å². The van der Waals surface area contributed by atoms with Gasteiger partial charge in [0.15, 0.2) is 0 Å². The molecule has 0 amide bonds. The Morgan fingerprint density at radius 2 is 1.44 bits per heavy atom. The average molecular weight is 441 g/mol. The topological polar surface area (TPSA) is 0 Å². The number of hydrogen-bond donors (Lipinski definition) is 0. The predicted octanol–water partition coefficient (Wildman–Crippen LogP) is 9.91. The highest BCUT2D eigenvalue weighted by Gasteiger charge is 2.68. The van der Waals surface area contributed by atoms with Crippen molar-refractivity contribution in [2.45, 2.75) is 138 Å². The first-order chi connectivity index (χ1) is 15.1. The van der Waals surface area contributed by atoms with Crippen LogP contribution >= 0.6 is 0 Å². The first-order valence-corrected chi connectivity index (χ1v) is 15.1. The number of fused-ring (bicyclic) bond motifs is 7. The minimum atomic E-state index is 0.593. The van der Waals surface area contributed by atoms with E-state index in [-0.39, 0.29) is 0 Å². The van der Waals surface area contributed by atoms with E-state index in [1.807, 2.05) is 0 Å². The summed E-state index contributed by atoms with van der Waals surface area (Å²) in [4.78, 5) is 0. The molecule has 0 spiro atoms. The summed E-state index contributed by atoms with van der Waals surface area (Å²) in [5.41, 5.74) is 2.42. The van der Waals surface area contributed by atoms with Gasteiger partial charge < -0.3 is 0 Å². The second-order valence-electron chi connectivity index (χ2n) is 15.2. The minimum Gasteiger partial charge on any atom is -0.0654 e. The summed E-state index contributed by atoms with van der Waals surface area (Å²) in [6, 6.07) is 0. The van der Waals surface area contributed by atoms with Crippen LogP contribution in [0.5, 0.6) is 0 Å². The Kier molecular flexibility index (Phi) is 5.94. The largest absolute Gasteiger partial charge is 0.0654 e. The molecule has 5 aliphatic rings. The Bertz CT molecular complexity index is 690. The lowest BCUT2D eigenvalue weighted by Gasteiger charge is -2.70. The van der Waals surface area contributed by atoms with Gasteiger partial charge in [0.05, 0.1) is 0 Å². The molecule has 10 atom stereocenters. The molecule has 0 heterocycles. The molecule has 0 radical (unpaired) electrons. The third kappa shape index (κ3) is 3.19. The van der Waals surface area contributed by atoms with Crippen molar-refractivity contribution in [2.24, 2.45) is 63.1 Å². The number of unbranched alkanes of at least 4 members (excludes halogenated alkanes) is 1. The Morgan fingerprint density at radius 3 is 2.19 bits per heavy atom. The molecular formula is C32H56. The molecule has 5 fully saturated rings. The van der Waals surface area contributed by atoms with E-state index in [0.717, 1.165) is 41.4 Å². The van der Waals surface area contributed by atoms with Crippen LogP contribution in [0.3, 0.4) is 0 Å². The lowest BCUT2D eigenvalue weighted by molar-refractivity contribution is -0.216. The van der Waals surface area contributed by atoms with Crippen LogP contribution in [0.2, 0.25) is 0 Å². The first-order valence-electron chi connectivity index (χ1n) is 15.1. The van der Waals surface area contributed by atoms with Crippen LogP contribution in [0.25, 0.3) is 0 Å². The maximum atomic E-state index is 2.83. The second-order valence-corrected chi connectivity index (χ2v) is 15.2. The van der Waals surface area contributed by atoms with Gasteiger partial charge >= 0.3 is 0 Å². The predicted molar refractivity (Wildman–Crippen MR) is 139 cm³/mol. The minimum absolute atomic E-state index is 0.593. The standard InChI is InChI=1S/C32H56/c1-8-9-11-22(2)23-15-19-30(5)26(23)17-21-32(7)28(30)14-13-27-24-12-10-18-29(3,4)25(24)16-20-31(27,32)6/h22-28H,8-21H2,1-7H3/t22-,23-,24?,25?,26-,27?,28?,30+,31-,32-/m1/s1. The van der Waals surface area contributed by atoms with Gasteiger partial charge in [-0.1, -0.05) is 74.1 Å². The molecule has 32 heavy (non-hydrogen) atoms. The van der Waals surface area contributed by atoms with Gasteiger partial charge in [-0.15, -0.1) is 0 Å². The van der Waals surface area contributed by atoms with Crippen LogP contribution < -0.4 is 0 Å². The fraction of sp³-hybridized carbons (Fsp3) is 1.00. The molecule has 5 aliphatic carbocycles. The van der Waals surface area contributed by atoms with E-state index in [1.165, 1.54) is 51.4 Å². The lowest BCUT2D eigenvalue weighted by atomic mass is 9.34. The van der Waals surface area contributed by atoms with Gasteiger partial charge in [-0.3, -0.25) is 0 Å². The molecule has 184 valence electrons. The van der Waals surface area contributed by atoms with E-state index < -0.39 is 0 Å². The fourth-order valence-electron chi connectivity index (χ4n) is 12.0. The third-order valence-electron chi connectivity index (χ3n) is 13.9. The summed E-state index contributed by atoms with van der Waals surface area (Å²) in [5.74, 6) is 7.06. The maximum absolute atomic E-state index is 2.83. The van der Waals surface area contributed by atoms with Crippen molar-refractivity contribution < 1.29 is 0 Å². The van der Waals surface area contributed by atoms with Crippen LogP contribution in [0.1, 0.15) is 138 Å². The molecule has 0 aliphatic heterocycles. The Labute approximate surface area is 201 Å². The van der Waals surface area contributed by atoms with Gasteiger partial charge in [-0.05, 0) is 127 Å². The molecule has 0 aromatic rings. The molecule has 0 bridgehead atoms. The summed E-state index contributed by atoms with van der Waals surface area (Å²) in [6.45, 7) is 18.7. The smallest absolute Gasteiger partial charge is 0.0235 e. The fourth-order valence-corrected chi connectivity index (χ4v) is 12.0. The van der Waals surface area contributed by atoms with E-state index in [9.17, 15) is 0 Å². The van der Waals surface area contributed by atoms with E-state index in [4.69, 9.17) is 0 Å². The molecule has 0 nitrogen and oxygen atoms in total. The van der Waals surface area contributed by atoms with Crippen molar-refractivity contribution in [3.63, 3.8) is 0 Å². The summed E-state index contributed by atoms with van der Waals surface area (Å²) in [5, 5.41) is 0. The molecule has 0 aromatic heterocycles.